The van der Waals surface area contributed by atoms with Gasteiger partial charge >= 0.3 is 0 Å². The Bertz CT molecular complexity index is 199. The van der Waals surface area contributed by atoms with Gasteiger partial charge in [0.25, 0.3) is 0 Å². The Balaban J connectivity index is 0.000000461. The second kappa shape index (κ2) is 5.59. The normalized spacial score (nSPS) is 7.91. The Morgan fingerprint density at radius 3 is 2.09 bits per heavy atom. The quantitative estimate of drug-likeness (QED) is 0.628. The highest BCUT2D eigenvalue weighted by Gasteiger charge is 1.91. The summed E-state index contributed by atoms with van der Waals surface area (Å²) in [6.45, 7) is 4.00. The van der Waals surface area contributed by atoms with Gasteiger partial charge in [-0.2, -0.15) is 0 Å². The molecule has 2 nitrogen and oxygen atoms in total. The van der Waals surface area contributed by atoms with Crippen molar-refractivity contribution < 1.29 is 4.74 Å². The Morgan fingerprint density at radius 1 is 1.18 bits per heavy atom. The summed E-state index contributed by atoms with van der Waals surface area (Å²) in [4.78, 5) is 0. The van der Waals surface area contributed by atoms with Gasteiger partial charge in [-0.1, -0.05) is 26.0 Å². The van der Waals surface area contributed by atoms with E-state index in [0.29, 0.717) is 5.69 Å². The summed E-state index contributed by atoms with van der Waals surface area (Å²) >= 11 is 0. The van der Waals surface area contributed by atoms with Crippen LogP contribution in [-0.2, 0) is 0 Å². The van der Waals surface area contributed by atoms with Crippen LogP contribution in [0.1, 0.15) is 13.8 Å². The summed E-state index contributed by atoms with van der Waals surface area (Å²) in [6, 6.07) is 7.39. The average Bonchev–Trinajstić information content (AvgIpc) is 2.09. The van der Waals surface area contributed by atoms with Gasteiger partial charge in [-0.25, -0.2) is 0 Å². The minimum atomic E-state index is 0.681. The Hall–Kier alpha value is -1.18. The summed E-state index contributed by atoms with van der Waals surface area (Å²) < 4.78 is 4.92. The van der Waals surface area contributed by atoms with Crippen molar-refractivity contribution in [2.75, 3.05) is 12.8 Å². The van der Waals surface area contributed by atoms with E-state index in [4.69, 9.17) is 10.5 Å². The molecule has 0 unspecified atom stereocenters. The Morgan fingerprint density at radius 2 is 1.73 bits per heavy atom. The molecule has 1 aromatic carbocycles. The SMILES string of the molecule is CC.COc1ccccc1N. The van der Waals surface area contributed by atoms with Crippen molar-refractivity contribution in [3.05, 3.63) is 24.3 Å². The fourth-order valence-corrected chi connectivity index (χ4v) is 0.666. The van der Waals surface area contributed by atoms with Crippen LogP contribution in [0.4, 0.5) is 5.69 Å². The topological polar surface area (TPSA) is 35.2 Å². The highest BCUT2D eigenvalue weighted by atomic mass is 16.5. The highest BCUT2D eigenvalue weighted by Crippen LogP contribution is 2.18. The Kier molecular flexibility index (Phi) is 4.99. The van der Waals surface area contributed by atoms with E-state index in [1.807, 2.05) is 32.0 Å². The third-order valence-electron chi connectivity index (χ3n) is 1.14. The number of nitrogen functional groups attached to an aromatic ring is 1. The first-order chi connectivity index (χ1) is 5.34. The molecule has 0 bridgehead atoms. The van der Waals surface area contributed by atoms with E-state index in [-0.39, 0.29) is 0 Å². The van der Waals surface area contributed by atoms with Crippen LogP contribution in [-0.4, -0.2) is 7.11 Å². The van der Waals surface area contributed by atoms with Gasteiger partial charge < -0.3 is 10.5 Å². The van der Waals surface area contributed by atoms with Crippen LogP contribution in [0.5, 0.6) is 5.75 Å². The average molecular weight is 153 g/mol. The number of para-hydroxylation sites is 2. The van der Waals surface area contributed by atoms with Crippen LogP contribution >= 0.6 is 0 Å². The highest BCUT2D eigenvalue weighted by molar-refractivity contribution is 5.51. The monoisotopic (exact) mass is 153 g/mol. The van der Waals surface area contributed by atoms with Crippen LogP contribution in [0.25, 0.3) is 0 Å². The maximum absolute atomic E-state index is 5.51. The van der Waals surface area contributed by atoms with Gasteiger partial charge in [0, 0.05) is 0 Å². The van der Waals surface area contributed by atoms with Crippen LogP contribution in [0.15, 0.2) is 24.3 Å². The predicted octanol–water partition coefficient (Wildman–Crippen LogP) is 2.30. The van der Waals surface area contributed by atoms with Crippen molar-refractivity contribution in [1.29, 1.82) is 0 Å². The summed E-state index contributed by atoms with van der Waals surface area (Å²) in [5.41, 5.74) is 6.19. The summed E-state index contributed by atoms with van der Waals surface area (Å²) in [5.74, 6) is 0.734. The molecule has 1 rings (SSSR count). The lowest BCUT2D eigenvalue weighted by Gasteiger charge is -2.00. The molecule has 0 aliphatic heterocycles. The standard InChI is InChI=1S/C7H9NO.C2H6/c1-9-7-5-3-2-4-6(7)8;1-2/h2-5H,8H2,1H3;1-2H3. The van der Waals surface area contributed by atoms with Crippen LogP contribution in [0.3, 0.4) is 0 Å². The first kappa shape index (κ1) is 9.82. The lowest BCUT2D eigenvalue weighted by Crippen LogP contribution is -1.89. The zero-order valence-electron chi connectivity index (χ0n) is 7.29. The van der Waals surface area contributed by atoms with E-state index in [9.17, 15) is 0 Å². The number of anilines is 1. The predicted molar refractivity (Wildman–Crippen MR) is 48.8 cm³/mol. The number of benzene rings is 1. The lowest BCUT2D eigenvalue weighted by molar-refractivity contribution is 0.417. The third-order valence-corrected chi connectivity index (χ3v) is 1.14. The van der Waals surface area contributed by atoms with E-state index in [2.05, 4.69) is 0 Å². The lowest BCUT2D eigenvalue weighted by atomic mass is 10.3. The number of hydrogen-bond acceptors (Lipinski definition) is 2. The molecule has 0 saturated carbocycles. The molecule has 0 fully saturated rings. The molecule has 0 amide bonds. The smallest absolute Gasteiger partial charge is 0.141 e. The fourth-order valence-electron chi connectivity index (χ4n) is 0.666. The van der Waals surface area contributed by atoms with E-state index in [1.165, 1.54) is 0 Å². The van der Waals surface area contributed by atoms with Gasteiger partial charge in [-0.05, 0) is 12.1 Å². The van der Waals surface area contributed by atoms with Gasteiger partial charge in [0.15, 0.2) is 0 Å². The second-order valence-electron chi connectivity index (χ2n) is 1.74. The number of ether oxygens (including phenoxy) is 1. The molecule has 62 valence electrons. The van der Waals surface area contributed by atoms with Crippen molar-refractivity contribution in [3.8, 4) is 5.75 Å². The van der Waals surface area contributed by atoms with Crippen molar-refractivity contribution >= 4 is 5.69 Å². The third kappa shape index (κ3) is 2.94. The molecule has 0 atom stereocenters. The second-order valence-corrected chi connectivity index (χ2v) is 1.74. The molecule has 0 aliphatic rings. The first-order valence-corrected chi connectivity index (χ1v) is 3.73. The van der Waals surface area contributed by atoms with Crippen molar-refractivity contribution in [2.24, 2.45) is 0 Å². The molecule has 0 saturated heterocycles. The maximum atomic E-state index is 5.51. The first-order valence-electron chi connectivity index (χ1n) is 3.73. The van der Waals surface area contributed by atoms with E-state index >= 15 is 0 Å². The number of rotatable bonds is 1. The van der Waals surface area contributed by atoms with Crippen molar-refractivity contribution in [2.45, 2.75) is 13.8 Å². The molecule has 1 aromatic rings. The van der Waals surface area contributed by atoms with E-state index in [0.717, 1.165) is 5.75 Å². The molecule has 0 radical (unpaired) electrons. The summed E-state index contributed by atoms with van der Waals surface area (Å²) in [7, 11) is 1.60. The van der Waals surface area contributed by atoms with Gasteiger partial charge in [0.05, 0.1) is 12.8 Å². The molecule has 0 aromatic heterocycles. The van der Waals surface area contributed by atoms with Crippen molar-refractivity contribution in [1.82, 2.24) is 0 Å². The number of methoxy groups -OCH3 is 1. The minimum Gasteiger partial charge on any atom is -0.495 e. The molecule has 0 aliphatic carbocycles. The summed E-state index contributed by atoms with van der Waals surface area (Å²) in [6.07, 6.45) is 0. The molecule has 11 heavy (non-hydrogen) atoms. The van der Waals surface area contributed by atoms with E-state index < -0.39 is 0 Å². The zero-order valence-corrected chi connectivity index (χ0v) is 7.29. The van der Waals surface area contributed by atoms with Gasteiger partial charge in [-0.3, -0.25) is 0 Å². The molecule has 0 heterocycles. The fraction of sp³-hybridized carbons (Fsp3) is 0.333. The number of nitrogens with two attached hydrogens (primary N) is 1. The van der Waals surface area contributed by atoms with Crippen LogP contribution < -0.4 is 10.5 Å². The van der Waals surface area contributed by atoms with Gasteiger partial charge in [0.2, 0.25) is 0 Å². The van der Waals surface area contributed by atoms with Crippen LogP contribution in [0.2, 0.25) is 0 Å². The van der Waals surface area contributed by atoms with Crippen LogP contribution in [0, 0.1) is 0 Å². The minimum absolute atomic E-state index is 0.681. The zero-order chi connectivity index (χ0) is 8.69. The van der Waals surface area contributed by atoms with Crippen molar-refractivity contribution in [3.63, 3.8) is 0 Å². The van der Waals surface area contributed by atoms with Gasteiger partial charge in [-0.15, -0.1) is 0 Å². The number of hydrogen-bond donors (Lipinski definition) is 1. The molecular weight excluding hydrogens is 138 g/mol. The van der Waals surface area contributed by atoms with Gasteiger partial charge in [0.1, 0.15) is 5.75 Å². The maximum Gasteiger partial charge on any atom is 0.141 e. The molecule has 2 N–H and O–H groups in total. The molecule has 2 heteroatoms. The molecular formula is C9H15NO. The largest absolute Gasteiger partial charge is 0.495 e. The molecule has 0 spiro atoms. The van der Waals surface area contributed by atoms with E-state index in [1.54, 1.807) is 13.2 Å². The summed E-state index contributed by atoms with van der Waals surface area (Å²) in [5, 5.41) is 0. The Labute approximate surface area is 68.0 Å².